The van der Waals surface area contributed by atoms with Crippen molar-refractivity contribution in [3.63, 3.8) is 0 Å². The molecule has 0 atom stereocenters. The third kappa shape index (κ3) is 3.29. The van der Waals surface area contributed by atoms with Crippen molar-refractivity contribution in [2.45, 2.75) is 25.7 Å². The minimum absolute atomic E-state index is 0.0376. The van der Waals surface area contributed by atoms with E-state index in [9.17, 15) is 14.9 Å². The number of carbonyl (C=O) groups excluding carboxylic acids is 2. The molecule has 2 amide bonds. The summed E-state index contributed by atoms with van der Waals surface area (Å²) in [6, 6.07) is 7.51. The van der Waals surface area contributed by atoms with E-state index in [1.807, 2.05) is 24.3 Å². The van der Waals surface area contributed by atoms with Gasteiger partial charge in [-0.1, -0.05) is 0 Å². The van der Waals surface area contributed by atoms with Gasteiger partial charge in [-0.3, -0.25) is 9.59 Å². The first-order valence-electron chi connectivity index (χ1n) is 9.03. The molecule has 142 valence electrons. The fourth-order valence-corrected chi connectivity index (χ4v) is 3.43. The molecule has 0 aliphatic carbocycles. The fraction of sp³-hybridized carbons (Fsp3) is 0.333. The molecule has 0 radical (unpaired) electrons. The summed E-state index contributed by atoms with van der Waals surface area (Å²) in [7, 11) is 0. The number of anilines is 3. The van der Waals surface area contributed by atoms with Gasteiger partial charge in [0.05, 0.1) is 11.4 Å². The molecule has 2 N–H and O–H groups in total. The summed E-state index contributed by atoms with van der Waals surface area (Å²) in [5.74, 6) is 0.298. The van der Waals surface area contributed by atoms with Gasteiger partial charge in [-0.25, -0.2) is 0 Å². The maximum Gasteiger partial charge on any atom is 0.227 e. The van der Waals surface area contributed by atoms with E-state index >= 15 is 0 Å². The van der Waals surface area contributed by atoms with E-state index in [2.05, 4.69) is 25.9 Å². The van der Waals surface area contributed by atoms with Gasteiger partial charge in [0.25, 0.3) is 0 Å². The molecule has 0 bridgehead atoms. The number of nitrogens with one attached hydrogen (secondary N) is 2. The Morgan fingerprint density at radius 3 is 2.54 bits per heavy atom. The molecule has 1 aromatic carbocycles. The number of aromatic nitrogens is 4. The van der Waals surface area contributed by atoms with E-state index in [1.165, 1.54) is 6.20 Å². The van der Waals surface area contributed by atoms with Crippen LogP contribution >= 0.6 is 0 Å². The monoisotopic (exact) mass is 378 g/mol. The summed E-state index contributed by atoms with van der Waals surface area (Å²) in [6.07, 6.45) is 4.12. The number of amides is 2. The van der Waals surface area contributed by atoms with Gasteiger partial charge in [0.2, 0.25) is 17.6 Å². The van der Waals surface area contributed by atoms with E-state index in [0.29, 0.717) is 37.3 Å². The van der Waals surface area contributed by atoms with Crippen LogP contribution < -0.4 is 15.1 Å². The third-order valence-electron chi connectivity index (χ3n) is 4.81. The zero-order valence-corrected chi connectivity index (χ0v) is 15.1. The maximum absolute atomic E-state index is 12.3. The van der Waals surface area contributed by atoms with Gasteiger partial charge < -0.3 is 15.1 Å². The van der Waals surface area contributed by atoms with Crippen LogP contribution in [0.3, 0.4) is 0 Å². The molecule has 2 aliphatic rings. The van der Waals surface area contributed by atoms with Gasteiger partial charge in [-0.15, -0.1) is 10.2 Å². The number of hydrogen-bond donors (Lipinski definition) is 2. The lowest BCUT2D eigenvalue weighted by Crippen LogP contribution is -2.27. The number of nitrogens with zero attached hydrogens (tertiary/aromatic N) is 6. The Bertz CT molecular complexity index is 976. The standard InChI is InChI=1S/C18H18N8O2/c19-10-12(18-21-23-24-22-18)11-20-14-6-5-13(25-7-1-3-16(25)27)9-15(14)26-8-2-4-17(26)28/h5-6,9,11,20H,1-4,7-8H2,(H,21,22,23,24). The van der Waals surface area contributed by atoms with Gasteiger partial charge in [0, 0.05) is 37.8 Å². The quantitative estimate of drug-likeness (QED) is 0.752. The minimum Gasteiger partial charge on any atom is -0.359 e. The molecule has 3 heterocycles. The van der Waals surface area contributed by atoms with Crippen LogP contribution in [0.1, 0.15) is 31.5 Å². The maximum atomic E-state index is 12.3. The van der Waals surface area contributed by atoms with E-state index in [4.69, 9.17) is 0 Å². The predicted octanol–water partition coefficient (Wildman–Crippen LogP) is 1.43. The molecular weight excluding hydrogens is 360 g/mol. The third-order valence-corrected chi connectivity index (χ3v) is 4.81. The van der Waals surface area contributed by atoms with Crippen LogP contribution in [0.5, 0.6) is 0 Å². The number of benzene rings is 1. The number of H-pyrrole nitrogens is 1. The first-order chi connectivity index (χ1) is 13.7. The van der Waals surface area contributed by atoms with Gasteiger partial charge >= 0.3 is 0 Å². The van der Waals surface area contributed by atoms with Gasteiger partial charge in [0.15, 0.2) is 0 Å². The largest absolute Gasteiger partial charge is 0.359 e. The SMILES string of the molecule is N#CC(=CNc1ccc(N2CCCC2=O)cc1N1CCCC1=O)c1nn[nH]n1. The van der Waals surface area contributed by atoms with Crippen molar-refractivity contribution < 1.29 is 9.59 Å². The first kappa shape index (κ1) is 17.7. The molecular formula is C18H18N8O2. The van der Waals surface area contributed by atoms with Gasteiger partial charge in [-0.05, 0) is 36.3 Å². The average molecular weight is 378 g/mol. The molecule has 10 heteroatoms. The second-order valence-electron chi connectivity index (χ2n) is 6.55. The highest BCUT2D eigenvalue weighted by molar-refractivity contribution is 6.01. The number of hydrogen-bond acceptors (Lipinski definition) is 7. The molecule has 4 rings (SSSR count). The Balaban J connectivity index is 1.68. The Kier molecular flexibility index (Phi) is 4.72. The van der Waals surface area contributed by atoms with Crippen LogP contribution in [0.15, 0.2) is 24.4 Å². The zero-order valence-electron chi connectivity index (χ0n) is 15.1. The summed E-state index contributed by atoms with van der Waals surface area (Å²) in [6.45, 7) is 1.29. The van der Waals surface area contributed by atoms with Crippen LogP contribution in [0, 0.1) is 11.3 Å². The van der Waals surface area contributed by atoms with Crippen molar-refractivity contribution in [1.82, 2.24) is 20.6 Å². The van der Waals surface area contributed by atoms with Crippen molar-refractivity contribution >= 4 is 34.4 Å². The molecule has 2 aliphatic heterocycles. The van der Waals surface area contributed by atoms with Crippen molar-refractivity contribution in [2.24, 2.45) is 0 Å². The highest BCUT2D eigenvalue weighted by Gasteiger charge is 2.27. The van der Waals surface area contributed by atoms with E-state index in [-0.39, 0.29) is 23.2 Å². The lowest BCUT2D eigenvalue weighted by molar-refractivity contribution is -0.117. The lowest BCUT2D eigenvalue weighted by atomic mass is 10.2. The van der Waals surface area contributed by atoms with Crippen LogP contribution in [-0.2, 0) is 9.59 Å². The molecule has 1 aromatic heterocycles. The Hall–Kier alpha value is -3.74. The second kappa shape index (κ2) is 7.48. The van der Waals surface area contributed by atoms with Crippen LogP contribution in [0.2, 0.25) is 0 Å². The van der Waals surface area contributed by atoms with E-state index < -0.39 is 0 Å². The van der Waals surface area contributed by atoms with E-state index in [0.717, 1.165) is 18.5 Å². The zero-order chi connectivity index (χ0) is 19.5. The van der Waals surface area contributed by atoms with Crippen LogP contribution in [0.25, 0.3) is 5.57 Å². The summed E-state index contributed by atoms with van der Waals surface area (Å²) < 4.78 is 0. The summed E-state index contributed by atoms with van der Waals surface area (Å²) >= 11 is 0. The van der Waals surface area contributed by atoms with Crippen LogP contribution in [0.4, 0.5) is 17.1 Å². The van der Waals surface area contributed by atoms with Crippen LogP contribution in [-0.4, -0.2) is 45.5 Å². The summed E-state index contributed by atoms with van der Waals surface area (Å²) in [5.41, 5.74) is 2.31. The summed E-state index contributed by atoms with van der Waals surface area (Å²) in [4.78, 5) is 27.9. The Morgan fingerprint density at radius 2 is 1.93 bits per heavy atom. The highest BCUT2D eigenvalue weighted by Crippen LogP contribution is 2.35. The molecule has 2 aromatic rings. The van der Waals surface area contributed by atoms with Crippen molar-refractivity contribution in [3.05, 3.63) is 30.2 Å². The normalized spacial score (nSPS) is 17.3. The Labute approximate surface area is 160 Å². The molecule has 2 fully saturated rings. The van der Waals surface area contributed by atoms with Crippen molar-refractivity contribution in [1.29, 1.82) is 5.26 Å². The topological polar surface area (TPSA) is 131 Å². The van der Waals surface area contributed by atoms with Crippen molar-refractivity contribution in [2.75, 3.05) is 28.2 Å². The number of tetrazole rings is 1. The second-order valence-corrected chi connectivity index (χ2v) is 6.55. The summed E-state index contributed by atoms with van der Waals surface area (Å²) in [5, 5.41) is 25.8. The number of rotatable bonds is 5. The number of nitriles is 1. The first-order valence-corrected chi connectivity index (χ1v) is 9.03. The smallest absolute Gasteiger partial charge is 0.227 e. The lowest BCUT2D eigenvalue weighted by Gasteiger charge is -2.23. The molecule has 0 saturated carbocycles. The molecule has 28 heavy (non-hydrogen) atoms. The minimum atomic E-state index is 0.0376. The predicted molar refractivity (Wildman–Crippen MR) is 101 cm³/mol. The molecule has 0 spiro atoms. The van der Waals surface area contributed by atoms with E-state index in [1.54, 1.807) is 9.80 Å². The van der Waals surface area contributed by atoms with Crippen molar-refractivity contribution in [3.8, 4) is 6.07 Å². The molecule has 10 nitrogen and oxygen atoms in total. The Morgan fingerprint density at radius 1 is 1.18 bits per heavy atom. The number of aromatic amines is 1. The number of carbonyl (C=O) groups is 2. The molecule has 2 saturated heterocycles. The van der Waals surface area contributed by atoms with Gasteiger partial charge in [-0.2, -0.15) is 10.5 Å². The molecule has 0 unspecified atom stereocenters. The number of allylic oxidation sites excluding steroid dienone is 1. The fourth-order valence-electron chi connectivity index (χ4n) is 3.43. The average Bonchev–Trinajstić information content (AvgIpc) is 3.45. The highest BCUT2D eigenvalue weighted by atomic mass is 16.2. The van der Waals surface area contributed by atoms with Gasteiger partial charge in [0.1, 0.15) is 11.6 Å².